The number of methoxy groups -OCH3 is 1. The van der Waals surface area contributed by atoms with Crippen LogP contribution in [0.15, 0.2) is 35.3 Å². The van der Waals surface area contributed by atoms with E-state index in [0.29, 0.717) is 17.6 Å². The second-order valence-corrected chi connectivity index (χ2v) is 3.52. The molecule has 0 radical (unpaired) electrons. The van der Waals surface area contributed by atoms with E-state index in [1.807, 2.05) is 0 Å². The van der Waals surface area contributed by atoms with Gasteiger partial charge in [0.05, 0.1) is 12.8 Å². The Morgan fingerprint density at radius 3 is 2.28 bits per heavy atom. The average Bonchev–Trinajstić information content (AvgIpc) is 2.71. The molecule has 18 heavy (non-hydrogen) atoms. The maximum absolute atomic E-state index is 12.4. The molecule has 2 rings (SSSR count). The molecule has 0 fully saturated rings. The number of aromatic nitrogens is 2. The van der Waals surface area contributed by atoms with E-state index in [4.69, 9.17) is 4.74 Å². The Bertz CT molecular complexity index is 596. The lowest BCUT2D eigenvalue weighted by atomic mass is 10.3. The van der Waals surface area contributed by atoms with Crippen molar-refractivity contribution in [1.29, 1.82) is 0 Å². The molecule has 1 aromatic heterocycles. The molecule has 0 aliphatic carbocycles. The normalized spacial score (nSPS) is 11.6. The SMILES string of the molecule is COc1ccc(-n2[nH]cc(C(F)(F)F)c2=O)cc1. The van der Waals surface area contributed by atoms with Gasteiger partial charge in [0, 0.05) is 6.20 Å². The highest BCUT2D eigenvalue weighted by Crippen LogP contribution is 2.26. The summed E-state index contributed by atoms with van der Waals surface area (Å²) < 4.78 is 43.1. The molecule has 0 aliphatic heterocycles. The van der Waals surface area contributed by atoms with E-state index in [-0.39, 0.29) is 0 Å². The van der Waals surface area contributed by atoms with Crippen molar-refractivity contribution in [2.45, 2.75) is 6.18 Å². The minimum atomic E-state index is -4.66. The van der Waals surface area contributed by atoms with Crippen LogP contribution in [-0.2, 0) is 6.18 Å². The second kappa shape index (κ2) is 4.25. The van der Waals surface area contributed by atoms with Gasteiger partial charge in [-0.2, -0.15) is 13.2 Å². The maximum atomic E-state index is 12.4. The van der Waals surface area contributed by atoms with Crippen molar-refractivity contribution in [3.05, 3.63) is 46.4 Å². The van der Waals surface area contributed by atoms with Crippen LogP contribution in [0.1, 0.15) is 5.56 Å². The first-order chi connectivity index (χ1) is 8.43. The van der Waals surface area contributed by atoms with Gasteiger partial charge >= 0.3 is 6.18 Å². The fourth-order valence-corrected chi connectivity index (χ4v) is 1.50. The molecule has 0 aliphatic rings. The number of nitrogens with zero attached hydrogens (tertiary/aromatic N) is 1. The Hall–Kier alpha value is -2.18. The Morgan fingerprint density at radius 1 is 1.22 bits per heavy atom. The van der Waals surface area contributed by atoms with Crippen molar-refractivity contribution in [3.63, 3.8) is 0 Å². The predicted molar refractivity (Wildman–Crippen MR) is 57.9 cm³/mol. The molecule has 0 spiro atoms. The van der Waals surface area contributed by atoms with Crippen LogP contribution in [-0.4, -0.2) is 16.9 Å². The second-order valence-electron chi connectivity index (χ2n) is 3.52. The Kier molecular flexibility index (Phi) is 2.90. The molecule has 0 saturated carbocycles. The number of halogens is 3. The number of aromatic amines is 1. The molecule has 2 aromatic rings. The van der Waals surface area contributed by atoms with Crippen molar-refractivity contribution in [1.82, 2.24) is 9.78 Å². The number of rotatable bonds is 2. The zero-order chi connectivity index (χ0) is 13.3. The standard InChI is InChI=1S/C11H9F3N2O2/c1-18-8-4-2-7(3-5-8)16-10(17)9(6-15-16)11(12,13)14/h2-6,15H,1H3. The summed E-state index contributed by atoms with van der Waals surface area (Å²) >= 11 is 0. The first-order valence-corrected chi connectivity index (χ1v) is 4.95. The molecule has 0 amide bonds. The van der Waals surface area contributed by atoms with Crippen molar-refractivity contribution >= 4 is 0 Å². The van der Waals surface area contributed by atoms with Crippen molar-refractivity contribution < 1.29 is 17.9 Å². The monoisotopic (exact) mass is 258 g/mol. The van der Waals surface area contributed by atoms with Gasteiger partial charge in [-0.25, -0.2) is 4.68 Å². The van der Waals surface area contributed by atoms with Gasteiger partial charge in [-0.3, -0.25) is 9.89 Å². The first-order valence-electron chi connectivity index (χ1n) is 4.95. The Balaban J connectivity index is 2.46. The van der Waals surface area contributed by atoms with E-state index in [1.165, 1.54) is 19.2 Å². The van der Waals surface area contributed by atoms with Crippen LogP contribution in [0.4, 0.5) is 13.2 Å². The van der Waals surface area contributed by atoms with Crippen molar-refractivity contribution in [3.8, 4) is 11.4 Å². The number of nitrogens with one attached hydrogen (secondary N) is 1. The summed E-state index contributed by atoms with van der Waals surface area (Å²) in [5.41, 5.74) is -2.05. The fraction of sp³-hybridized carbons (Fsp3) is 0.182. The number of alkyl halides is 3. The van der Waals surface area contributed by atoms with Gasteiger partial charge < -0.3 is 4.74 Å². The molecular formula is C11H9F3N2O2. The lowest BCUT2D eigenvalue weighted by molar-refractivity contribution is -0.138. The highest BCUT2D eigenvalue weighted by atomic mass is 19.4. The van der Waals surface area contributed by atoms with Crippen LogP contribution in [0.5, 0.6) is 5.75 Å². The number of hydrogen-bond acceptors (Lipinski definition) is 2. The molecule has 0 atom stereocenters. The van der Waals surface area contributed by atoms with E-state index in [2.05, 4.69) is 5.10 Å². The van der Waals surface area contributed by atoms with Crippen LogP contribution in [0.2, 0.25) is 0 Å². The third kappa shape index (κ3) is 2.11. The molecule has 1 N–H and O–H groups in total. The van der Waals surface area contributed by atoms with E-state index in [1.54, 1.807) is 12.1 Å². The lowest BCUT2D eigenvalue weighted by Gasteiger charge is -2.03. The van der Waals surface area contributed by atoms with Crippen LogP contribution < -0.4 is 10.3 Å². The third-order valence-electron chi connectivity index (χ3n) is 2.41. The van der Waals surface area contributed by atoms with E-state index < -0.39 is 17.3 Å². The van der Waals surface area contributed by atoms with E-state index in [0.717, 1.165) is 4.68 Å². The summed E-state index contributed by atoms with van der Waals surface area (Å²) in [5.74, 6) is 0.550. The van der Waals surface area contributed by atoms with Crippen molar-refractivity contribution in [2.24, 2.45) is 0 Å². The molecule has 96 valence electrons. The van der Waals surface area contributed by atoms with Gasteiger partial charge in [-0.15, -0.1) is 0 Å². The number of hydrogen-bond donors (Lipinski definition) is 1. The Morgan fingerprint density at radius 2 is 1.83 bits per heavy atom. The molecule has 0 saturated heterocycles. The summed E-state index contributed by atoms with van der Waals surface area (Å²) in [6.07, 6.45) is -4.02. The molecule has 0 unspecified atom stereocenters. The van der Waals surface area contributed by atoms with Crippen LogP contribution in [0.25, 0.3) is 5.69 Å². The lowest BCUT2D eigenvalue weighted by Crippen LogP contribution is -2.22. The van der Waals surface area contributed by atoms with Gasteiger partial charge in [0.1, 0.15) is 11.3 Å². The van der Waals surface area contributed by atoms with Crippen molar-refractivity contribution in [2.75, 3.05) is 7.11 Å². The fourth-order valence-electron chi connectivity index (χ4n) is 1.50. The number of benzene rings is 1. The van der Waals surface area contributed by atoms with Crippen LogP contribution in [0.3, 0.4) is 0 Å². The zero-order valence-electron chi connectivity index (χ0n) is 9.28. The summed E-state index contributed by atoms with van der Waals surface area (Å²) in [6, 6.07) is 6.07. The molecule has 1 heterocycles. The molecule has 7 heteroatoms. The number of ether oxygens (including phenoxy) is 1. The summed E-state index contributed by atoms with van der Waals surface area (Å²) in [5, 5.41) is 2.28. The van der Waals surface area contributed by atoms with E-state index in [9.17, 15) is 18.0 Å². The average molecular weight is 258 g/mol. The minimum Gasteiger partial charge on any atom is -0.497 e. The quantitative estimate of drug-likeness (QED) is 0.897. The van der Waals surface area contributed by atoms with Gasteiger partial charge in [-0.1, -0.05) is 0 Å². The van der Waals surface area contributed by atoms with Gasteiger partial charge in [0.2, 0.25) is 0 Å². The van der Waals surface area contributed by atoms with E-state index >= 15 is 0 Å². The molecule has 0 bridgehead atoms. The summed E-state index contributed by atoms with van der Waals surface area (Å²) in [6.45, 7) is 0. The summed E-state index contributed by atoms with van der Waals surface area (Å²) in [4.78, 5) is 11.6. The minimum absolute atomic E-state index is 0.302. The Labute approximate surface area is 99.6 Å². The summed E-state index contributed by atoms with van der Waals surface area (Å²) in [7, 11) is 1.47. The zero-order valence-corrected chi connectivity index (χ0v) is 9.28. The van der Waals surface area contributed by atoms with Crippen LogP contribution in [0, 0.1) is 0 Å². The highest BCUT2D eigenvalue weighted by molar-refractivity contribution is 5.37. The molecule has 1 aromatic carbocycles. The third-order valence-corrected chi connectivity index (χ3v) is 2.41. The van der Waals surface area contributed by atoms with Gasteiger partial charge in [-0.05, 0) is 24.3 Å². The molecular weight excluding hydrogens is 249 g/mol. The molecule has 4 nitrogen and oxygen atoms in total. The maximum Gasteiger partial charge on any atom is 0.423 e. The largest absolute Gasteiger partial charge is 0.497 e. The number of H-pyrrole nitrogens is 1. The highest BCUT2D eigenvalue weighted by Gasteiger charge is 2.35. The smallest absolute Gasteiger partial charge is 0.423 e. The van der Waals surface area contributed by atoms with Crippen LogP contribution >= 0.6 is 0 Å². The first kappa shape index (κ1) is 12.3. The van der Waals surface area contributed by atoms with Gasteiger partial charge in [0.25, 0.3) is 5.56 Å². The topological polar surface area (TPSA) is 47.0 Å². The van der Waals surface area contributed by atoms with Gasteiger partial charge in [0.15, 0.2) is 0 Å². The predicted octanol–water partition coefficient (Wildman–Crippen LogP) is 2.19.